The number of carboxylic acid groups (broad SMARTS) is 1. The van der Waals surface area contributed by atoms with E-state index in [0.29, 0.717) is 32.1 Å². The Morgan fingerprint density at radius 3 is 2.30 bits per heavy atom. The van der Waals surface area contributed by atoms with Crippen molar-refractivity contribution in [1.29, 1.82) is 0 Å². The zero-order chi connectivity index (χ0) is 43.6. The molecule has 60 heavy (non-hydrogen) atoms. The van der Waals surface area contributed by atoms with Gasteiger partial charge >= 0.3 is 5.97 Å². The minimum absolute atomic E-state index is 0.0312. The van der Waals surface area contributed by atoms with Gasteiger partial charge < -0.3 is 55.1 Å². The average Bonchev–Trinajstić information content (AvgIpc) is 3.21. The smallest absolute Gasteiger partial charge is 0.312 e. The van der Waals surface area contributed by atoms with E-state index in [1.54, 1.807) is 0 Å². The summed E-state index contributed by atoms with van der Waals surface area (Å²) in [5, 5.41) is 88.9. The van der Waals surface area contributed by atoms with Gasteiger partial charge in [0.25, 0.3) is 0 Å². The number of aliphatic hydroxyl groups is 7. The van der Waals surface area contributed by atoms with Crippen molar-refractivity contribution >= 4 is 5.97 Å². The van der Waals surface area contributed by atoms with Crippen molar-refractivity contribution in [2.75, 3.05) is 19.8 Å². The number of fused-ring (bicyclic) bond motifs is 7. The van der Waals surface area contributed by atoms with Crippen molar-refractivity contribution in [2.45, 2.75) is 168 Å². The Labute approximate surface area is 356 Å². The van der Waals surface area contributed by atoms with E-state index >= 15 is 0 Å². The van der Waals surface area contributed by atoms with Crippen LogP contribution < -0.4 is 0 Å². The molecule has 5 fully saturated rings. The highest BCUT2D eigenvalue weighted by molar-refractivity contribution is 5.78. The lowest BCUT2D eigenvalue weighted by atomic mass is 9.31. The van der Waals surface area contributed by atoms with Crippen LogP contribution in [0, 0.1) is 56.2 Å². The van der Waals surface area contributed by atoms with Gasteiger partial charge in [0.05, 0.1) is 44.2 Å². The monoisotopic (exact) mass is 843 g/mol. The maximum absolute atomic E-state index is 13.7. The molecular formula is C48H74O12. The van der Waals surface area contributed by atoms with Gasteiger partial charge in [-0.2, -0.15) is 0 Å². The number of allylic oxidation sites excluding steroid dienone is 2. The third-order valence-electron chi connectivity index (χ3n) is 18.3. The van der Waals surface area contributed by atoms with E-state index in [1.807, 2.05) is 44.2 Å². The fourth-order valence-electron chi connectivity index (χ4n) is 14.8. The number of unbranched alkanes of at least 4 members (excludes halogenated alkanes) is 2. The van der Waals surface area contributed by atoms with E-state index in [9.17, 15) is 45.6 Å². The molecule has 0 bridgehead atoms. The molecule has 0 spiro atoms. The molecule has 1 aromatic rings. The number of aliphatic hydroxyl groups excluding tert-OH is 7. The molecule has 18 unspecified atom stereocenters. The highest BCUT2D eigenvalue weighted by atomic mass is 16.7. The Morgan fingerprint density at radius 2 is 1.65 bits per heavy atom. The second kappa shape index (κ2) is 16.9. The van der Waals surface area contributed by atoms with Crippen LogP contribution in [0.3, 0.4) is 0 Å². The van der Waals surface area contributed by atoms with Crippen LogP contribution in [-0.4, -0.2) is 116 Å². The van der Waals surface area contributed by atoms with Gasteiger partial charge in [-0.05, 0) is 102 Å². The van der Waals surface area contributed by atoms with Gasteiger partial charge in [0.15, 0.2) is 6.29 Å². The largest absolute Gasteiger partial charge is 0.481 e. The summed E-state index contributed by atoms with van der Waals surface area (Å²) in [7, 11) is 0. The molecule has 0 amide bonds. The van der Waals surface area contributed by atoms with E-state index < -0.39 is 94.6 Å². The first-order valence-corrected chi connectivity index (χ1v) is 22.8. The number of carboxylic acids is 1. The Balaban J connectivity index is 1.35. The lowest BCUT2D eigenvalue weighted by Gasteiger charge is -2.74. The van der Waals surface area contributed by atoms with Crippen molar-refractivity contribution in [3.05, 3.63) is 47.5 Å². The summed E-state index contributed by atoms with van der Waals surface area (Å²) in [5.74, 6) is -1.62. The quantitative estimate of drug-likeness (QED) is 0.0753. The molecule has 1 heterocycles. The van der Waals surface area contributed by atoms with Crippen molar-refractivity contribution in [3.63, 3.8) is 0 Å². The number of rotatable bonds is 13. The molecule has 0 aromatic heterocycles. The predicted molar refractivity (Wildman–Crippen MR) is 223 cm³/mol. The van der Waals surface area contributed by atoms with Crippen molar-refractivity contribution in [2.24, 2.45) is 56.2 Å². The molecule has 8 N–H and O–H groups in total. The van der Waals surface area contributed by atoms with Crippen molar-refractivity contribution < 1.29 is 59.9 Å². The zero-order valence-corrected chi connectivity index (χ0v) is 36.7. The van der Waals surface area contributed by atoms with Crippen LogP contribution in [0.1, 0.15) is 118 Å². The minimum atomic E-state index is -1.57. The molecule has 338 valence electrons. The van der Waals surface area contributed by atoms with Gasteiger partial charge in [-0.25, -0.2) is 0 Å². The molecule has 5 aliphatic carbocycles. The molecule has 1 aliphatic heterocycles. The van der Waals surface area contributed by atoms with Crippen molar-refractivity contribution in [3.8, 4) is 0 Å². The topological polar surface area (TPSA) is 207 Å². The highest BCUT2D eigenvalue weighted by Crippen LogP contribution is 2.78. The van der Waals surface area contributed by atoms with Gasteiger partial charge in [0, 0.05) is 12.0 Å². The van der Waals surface area contributed by atoms with Crippen LogP contribution in [0.5, 0.6) is 0 Å². The maximum Gasteiger partial charge on any atom is 0.312 e. The van der Waals surface area contributed by atoms with Crippen LogP contribution in [0.2, 0.25) is 0 Å². The van der Waals surface area contributed by atoms with Crippen LogP contribution in [0.15, 0.2) is 42.0 Å². The van der Waals surface area contributed by atoms with E-state index in [1.165, 1.54) is 0 Å². The summed E-state index contributed by atoms with van der Waals surface area (Å²) >= 11 is 0. The number of ether oxygens (including phenoxy) is 3. The van der Waals surface area contributed by atoms with Crippen LogP contribution in [-0.2, 0) is 25.6 Å². The van der Waals surface area contributed by atoms with Crippen molar-refractivity contribution in [1.82, 2.24) is 0 Å². The van der Waals surface area contributed by atoms with Gasteiger partial charge in [0.2, 0.25) is 0 Å². The second-order valence-corrected chi connectivity index (χ2v) is 21.3. The first-order valence-electron chi connectivity index (χ1n) is 22.8. The van der Waals surface area contributed by atoms with Gasteiger partial charge in [0.1, 0.15) is 23.7 Å². The summed E-state index contributed by atoms with van der Waals surface area (Å²) in [4.78, 5) is 13.7. The first kappa shape index (κ1) is 46.0. The maximum atomic E-state index is 13.7. The molecular weight excluding hydrogens is 769 g/mol. The number of hydrogen-bond acceptors (Lipinski definition) is 11. The van der Waals surface area contributed by atoms with E-state index in [2.05, 4.69) is 33.8 Å². The van der Waals surface area contributed by atoms with E-state index in [0.717, 1.165) is 43.2 Å². The Morgan fingerprint density at radius 1 is 0.933 bits per heavy atom. The summed E-state index contributed by atoms with van der Waals surface area (Å²) in [6.07, 6.45) is 0.187. The summed E-state index contributed by atoms with van der Waals surface area (Å²) < 4.78 is 19.4. The number of carbonyl (C=O) groups is 1. The minimum Gasteiger partial charge on any atom is -0.481 e. The van der Waals surface area contributed by atoms with Gasteiger partial charge in [-0.3, -0.25) is 4.79 Å². The SMILES string of the molecule is CCCCCC1CC2(C(=O)O)C(O)CC(C)(CO)CC2C2=CCC3C4(C)CC(OCc5ccccc5)C(OC5OCC(O)C(O)C5O)C(C)(C(O)CO)C4CCC3(C)C21C. The van der Waals surface area contributed by atoms with Crippen LogP contribution in [0.4, 0.5) is 0 Å². The Kier molecular flexibility index (Phi) is 12.9. The number of benzene rings is 1. The average molecular weight is 843 g/mol. The highest BCUT2D eigenvalue weighted by Gasteiger charge is 2.74. The molecule has 6 aliphatic rings. The first-order chi connectivity index (χ1) is 28.3. The third kappa shape index (κ3) is 6.97. The second-order valence-electron chi connectivity index (χ2n) is 21.3. The summed E-state index contributed by atoms with van der Waals surface area (Å²) in [5.41, 5.74) is -2.38. The summed E-state index contributed by atoms with van der Waals surface area (Å²) in [6, 6.07) is 9.78. The number of hydrogen-bond donors (Lipinski definition) is 8. The van der Waals surface area contributed by atoms with Gasteiger partial charge in [-0.15, -0.1) is 0 Å². The molecule has 7 rings (SSSR count). The molecule has 12 heteroatoms. The lowest BCUT2D eigenvalue weighted by Crippen LogP contribution is -2.72. The molecule has 12 nitrogen and oxygen atoms in total. The fourth-order valence-corrected chi connectivity index (χ4v) is 14.8. The normalized spacial score (nSPS) is 48.1. The standard InChI is InChI=1S/C48H74O12/c1-7-8-10-15-29-20-48(42(56)57)31(21-43(2,27-50)23-36(48)52)30-16-17-34-44(3)22-33(58-25-28-13-11-9-12-14-28)40(60-41-39(55)38(54)32(51)26-59-41)46(5,37(53)24-49)35(44)18-19-45(34,4)47(29,30)6/h9,11-14,16,29,31-41,49-55H,7-8,10,15,17-27H2,1-6H3,(H,56,57). The Bertz CT molecular complexity index is 1710. The molecule has 1 aromatic carbocycles. The molecule has 18 atom stereocenters. The molecule has 0 radical (unpaired) electrons. The molecule has 4 saturated carbocycles. The fraction of sp³-hybridized carbons (Fsp3) is 0.812. The third-order valence-corrected chi connectivity index (χ3v) is 18.3. The van der Waals surface area contributed by atoms with Crippen LogP contribution in [0.25, 0.3) is 0 Å². The summed E-state index contributed by atoms with van der Waals surface area (Å²) in [6.45, 7) is 12.5. The number of aliphatic carboxylic acids is 1. The zero-order valence-electron chi connectivity index (χ0n) is 36.7. The van der Waals surface area contributed by atoms with E-state index in [4.69, 9.17) is 14.2 Å². The predicted octanol–water partition coefficient (Wildman–Crippen LogP) is 4.98. The lowest BCUT2D eigenvalue weighted by molar-refractivity contribution is -0.340. The van der Waals surface area contributed by atoms with Crippen LogP contribution >= 0.6 is 0 Å². The Hall–Kier alpha value is -1.97. The van der Waals surface area contributed by atoms with E-state index in [-0.39, 0.29) is 49.4 Å². The van der Waals surface area contributed by atoms with Gasteiger partial charge in [-0.1, -0.05) is 103 Å². The molecule has 1 saturated heterocycles.